The molecule has 1 aliphatic heterocycles. The number of fused-ring (bicyclic) bond motifs is 1. The molecule has 0 aliphatic carbocycles. The van der Waals surface area contributed by atoms with Crippen LogP contribution in [0, 0.1) is 0 Å². The van der Waals surface area contributed by atoms with Crippen molar-refractivity contribution in [1.29, 1.82) is 0 Å². The smallest absolute Gasteiger partial charge is 0.345 e. The summed E-state index contributed by atoms with van der Waals surface area (Å²) in [6.45, 7) is 4.22. The van der Waals surface area contributed by atoms with Crippen molar-refractivity contribution in [1.82, 2.24) is 19.3 Å². The van der Waals surface area contributed by atoms with Crippen LogP contribution in [0.3, 0.4) is 0 Å². The van der Waals surface area contributed by atoms with Crippen LogP contribution in [-0.2, 0) is 0 Å². The quantitative estimate of drug-likeness (QED) is 0.496. The monoisotopic (exact) mass is 434 g/mol. The third-order valence-electron chi connectivity index (χ3n) is 5.50. The van der Waals surface area contributed by atoms with Gasteiger partial charge in [0.15, 0.2) is 11.5 Å². The van der Waals surface area contributed by atoms with Gasteiger partial charge in [-0.1, -0.05) is 0 Å². The zero-order valence-electron chi connectivity index (χ0n) is 17.0. The molecule has 1 aromatic carbocycles. The Morgan fingerprint density at radius 2 is 1.84 bits per heavy atom. The molecule has 1 saturated heterocycles. The number of anilines is 3. The van der Waals surface area contributed by atoms with Gasteiger partial charge in [-0.3, -0.25) is 4.40 Å². The first-order chi connectivity index (χ1) is 15.1. The summed E-state index contributed by atoms with van der Waals surface area (Å²) in [5.74, 6) is -0.277. The van der Waals surface area contributed by atoms with E-state index >= 15 is 0 Å². The molecule has 0 radical (unpaired) electrons. The molecule has 5 rings (SSSR count). The second kappa shape index (κ2) is 8.01. The average molecular weight is 435 g/mol. The summed E-state index contributed by atoms with van der Waals surface area (Å²) in [4.78, 5) is 26.1. The number of rotatable bonds is 5. The predicted molar refractivity (Wildman–Crippen MR) is 123 cm³/mol. The van der Waals surface area contributed by atoms with E-state index in [1.165, 1.54) is 17.0 Å². The van der Waals surface area contributed by atoms with Gasteiger partial charge in [-0.15, -0.1) is 11.3 Å². The van der Waals surface area contributed by atoms with Crippen molar-refractivity contribution >= 4 is 40.1 Å². The minimum atomic E-state index is -0.926. The number of nitrogens with zero attached hydrogens (tertiary/aromatic N) is 5. The van der Waals surface area contributed by atoms with Gasteiger partial charge in [-0.25, -0.2) is 14.8 Å². The predicted octanol–water partition coefficient (Wildman–Crippen LogP) is 3.65. The fourth-order valence-electron chi connectivity index (χ4n) is 3.74. The maximum Gasteiger partial charge on any atom is 0.345 e. The van der Waals surface area contributed by atoms with E-state index < -0.39 is 5.97 Å². The first-order valence-electron chi connectivity index (χ1n) is 10.0. The lowest BCUT2D eigenvalue weighted by molar-refractivity contribution is 0.0702. The normalized spacial score (nSPS) is 14.8. The van der Waals surface area contributed by atoms with Crippen LogP contribution in [0.4, 0.5) is 17.2 Å². The maximum atomic E-state index is 11.2. The van der Waals surface area contributed by atoms with E-state index in [0.717, 1.165) is 42.4 Å². The third-order valence-corrected chi connectivity index (χ3v) is 6.59. The van der Waals surface area contributed by atoms with E-state index in [1.807, 2.05) is 10.6 Å². The van der Waals surface area contributed by atoms with Gasteiger partial charge in [0, 0.05) is 49.9 Å². The molecule has 0 spiro atoms. The number of imidazole rings is 1. The van der Waals surface area contributed by atoms with E-state index in [0.29, 0.717) is 16.3 Å². The highest BCUT2D eigenvalue weighted by Crippen LogP contribution is 2.30. The van der Waals surface area contributed by atoms with E-state index in [4.69, 9.17) is 0 Å². The van der Waals surface area contributed by atoms with Gasteiger partial charge < -0.3 is 20.2 Å². The molecule has 8 nitrogen and oxygen atoms in total. The van der Waals surface area contributed by atoms with Gasteiger partial charge in [0.25, 0.3) is 0 Å². The van der Waals surface area contributed by atoms with Crippen LogP contribution >= 0.6 is 11.3 Å². The standard InChI is InChI=1S/C22H22N6O2S/c1-26-10-12-27(13-11-26)16-4-2-15(3-5-16)25-20-21-23-8-9-28(21)17(14-24-20)18-6-7-19(31-18)22(29)30/h2-9,14H,10-13H2,1H3,(H,24,25)(H,29,30). The minimum Gasteiger partial charge on any atom is -0.477 e. The number of likely N-dealkylation sites (N-methyl/N-ethyl adjacent to an activating group) is 1. The Hall–Kier alpha value is -3.43. The van der Waals surface area contributed by atoms with E-state index in [2.05, 4.69) is 56.4 Å². The molecular formula is C22H22N6O2S. The lowest BCUT2D eigenvalue weighted by atomic mass is 10.2. The third kappa shape index (κ3) is 3.85. The van der Waals surface area contributed by atoms with E-state index in [1.54, 1.807) is 24.5 Å². The number of thiophene rings is 1. The number of carboxylic acids is 1. The number of carboxylic acid groups (broad SMARTS) is 1. The molecule has 4 heterocycles. The van der Waals surface area contributed by atoms with Gasteiger partial charge >= 0.3 is 5.97 Å². The van der Waals surface area contributed by atoms with Gasteiger partial charge in [-0.05, 0) is 43.4 Å². The van der Waals surface area contributed by atoms with Crippen LogP contribution in [0.2, 0.25) is 0 Å². The number of hydrogen-bond donors (Lipinski definition) is 2. The highest BCUT2D eigenvalue weighted by molar-refractivity contribution is 7.17. The number of piperazine rings is 1. The van der Waals surface area contributed by atoms with Crippen molar-refractivity contribution in [2.24, 2.45) is 0 Å². The van der Waals surface area contributed by atoms with Crippen LogP contribution in [-0.4, -0.2) is 63.6 Å². The minimum absolute atomic E-state index is 0.297. The average Bonchev–Trinajstić information content (AvgIpc) is 3.46. The second-order valence-corrected chi connectivity index (χ2v) is 8.63. The lowest BCUT2D eigenvalue weighted by Crippen LogP contribution is -2.44. The van der Waals surface area contributed by atoms with Crippen LogP contribution < -0.4 is 10.2 Å². The first-order valence-corrected chi connectivity index (χ1v) is 10.9. The van der Waals surface area contributed by atoms with Crippen molar-refractivity contribution in [2.75, 3.05) is 43.4 Å². The molecule has 0 amide bonds. The second-order valence-electron chi connectivity index (χ2n) is 7.54. The number of nitrogens with one attached hydrogen (secondary N) is 1. The highest BCUT2D eigenvalue weighted by atomic mass is 32.1. The van der Waals surface area contributed by atoms with E-state index in [9.17, 15) is 9.90 Å². The lowest BCUT2D eigenvalue weighted by Gasteiger charge is -2.34. The molecule has 9 heteroatoms. The maximum absolute atomic E-state index is 11.2. The molecule has 4 aromatic rings. The molecule has 0 bridgehead atoms. The Bertz CT molecular complexity index is 1220. The SMILES string of the molecule is CN1CCN(c2ccc(Nc3ncc(-c4ccc(C(=O)O)s4)n4ccnc34)cc2)CC1. The largest absolute Gasteiger partial charge is 0.477 e. The van der Waals surface area contributed by atoms with Gasteiger partial charge in [0.1, 0.15) is 4.88 Å². The summed E-state index contributed by atoms with van der Waals surface area (Å²) in [5, 5.41) is 12.6. The van der Waals surface area contributed by atoms with Crippen LogP contribution in [0.5, 0.6) is 0 Å². The number of benzene rings is 1. The molecule has 0 unspecified atom stereocenters. The number of hydrogen-bond acceptors (Lipinski definition) is 7. The molecule has 3 aromatic heterocycles. The van der Waals surface area contributed by atoms with Gasteiger partial charge in [0.2, 0.25) is 0 Å². The van der Waals surface area contributed by atoms with Crippen molar-refractivity contribution in [3.8, 4) is 10.6 Å². The van der Waals surface area contributed by atoms with Crippen molar-refractivity contribution in [3.63, 3.8) is 0 Å². The summed E-state index contributed by atoms with van der Waals surface area (Å²) in [5.41, 5.74) is 3.65. The number of aromatic nitrogens is 3. The molecule has 158 valence electrons. The zero-order chi connectivity index (χ0) is 21.4. The van der Waals surface area contributed by atoms with Crippen LogP contribution in [0.15, 0.2) is 55.0 Å². The fourth-order valence-corrected chi connectivity index (χ4v) is 4.59. The van der Waals surface area contributed by atoms with Gasteiger partial charge in [-0.2, -0.15) is 0 Å². The highest BCUT2D eigenvalue weighted by Gasteiger charge is 2.16. The van der Waals surface area contributed by atoms with Gasteiger partial charge in [0.05, 0.1) is 16.8 Å². The molecule has 1 fully saturated rings. The fraction of sp³-hybridized carbons (Fsp3) is 0.227. The summed E-state index contributed by atoms with van der Waals surface area (Å²) < 4.78 is 1.92. The Balaban J connectivity index is 1.39. The van der Waals surface area contributed by atoms with E-state index in [-0.39, 0.29) is 0 Å². The summed E-state index contributed by atoms with van der Waals surface area (Å²) in [7, 11) is 2.16. The van der Waals surface area contributed by atoms with Crippen molar-refractivity contribution in [2.45, 2.75) is 0 Å². The molecule has 0 saturated carbocycles. The molecule has 0 atom stereocenters. The molecular weight excluding hydrogens is 412 g/mol. The summed E-state index contributed by atoms with van der Waals surface area (Å²) in [6.07, 6.45) is 5.31. The number of aromatic carboxylic acids is 1. The summed E-state index contributed by atoms with van der Waals surface area (Å²) in [6, 6.07) is 11.8. The molecule has 1 aliphatic rings. The molecule has 31 heavy (non-hydrogen) atoms. The summed E-state index contributed by atoms with van der Waals surface area (Å²) >= 11 is 1.22. The first kappa shape index (κ1) is 19.5. The van der Waals surface area contributed by atoms with Crippen molar-refractivity contribution < 1.29 is 9.90 Å². The number of carbonyl (C=O) groups is 1. The Kier molecular flexibility index (Phi) is 5.05. The topological polar surface area (TPSA) is 86.0 Å². The Morgan fingerprint density at radius 1 is 1.06 bits per heavy atom. The van der Waals surface area contributed by atoms with Crippen LogP contribution in [0.1, 0.15) is 9.67 Å². The van der Waals surface area contributed by atoms with Crippen molar-refractivity contribution in [3.05, 3.63) is 59.9 Å². The van der Waals surface area contributed by atoms with Crippen LogP contribution in [0.25, 0.3) is 16.2 Å². The Labute approximate surface area is 183 Å². The molecule has 2 N–H and O–H groups in total. The zero-order valence-corrected chi connectivity index (χ0v) is 17.8. The Morgan fingerprint density at radius 3 is 2.55 bits per heavy atom.